The number of esters is 1. The molecule has 0 bridgehead atoms. The Morgan fingerprint density at radius 2 is 1.93 bits per heavy atom. The number of ether oxygens (including phenoxy) is 1. The van der Waals surface area contributed by atoms with Gasteiger partial charge in [0.25, 0.3) is 5.91 Å². The first-order valence-corrected chi connectivity index (χ1v) is 9.59. The van der Waals surface area contributed by atoms with Crippen molar-refractivity contribution >= 4 is 40.1 Å². The van der Waals surface area contributed by atoms with E-state index in [-0.39, 0.29) is 17.6 Å². The molecule has 0 fully saturated rings. The van der Waals surface area contributed by atoms with Gasteiger partial charge < -0.3 is 4.74 Å². The van der Waals surface area contributed by atoms with Gasteiger partial charge in [-0.05, 0) is 24.6 Å². The van der Waals surface area contributed by atoms with E-state index in [1.165, 1.54) is 42.6 Å². The monoisotopic (exact) mass is 401 g/mol. The van der Waals surface area contributed by atoms with Crippen molar-refractivity contribution in [2.75, 3.05) is 12.4 Å². The van der Waals surface area contributed by atoms with Crippen molar-refractivity contribution in [1.82, 2.24) is 20.2 Å². The Balaban J connectivity index is 1.55. The molecule has 0 aliphatic rings. The second-order valence-corrected chi connectivity index (χ2v) is 7.55. The molecule has 2 aromatic heterocycles. The molecule has 27 heavy (non-hydrogen) atoms. The van der Waals surface area contributed by atoms with Gasteiger partial charge in [-0.3, -0.25) is 15.1 Å². The van der Waals surface area contributed by atoms with Crippen LogP contribution in [0.5, 0.6) is 0 Å². The molecule has 3 aromatic rings. The lowest BCUT2D eigenvalue weighted by atomic mass is 10.1. The van der Waals surface area contributed by atoms with Crippen LogP contribution in [0.4, 0.5) is 5.13 Å². The van der Waals surface area contributed by atoms with Crippen LogP contribution >= 0.6 is 23.1 Å². The van der Waals surface area contributed by atoms with Crippen molar-refractivity contribution in [3.8, 4) is 0 Å². The normalized spacial score (nSPS) is 10.4. The van der Waals surface area contributed by atoms with Crippen molar-refractivity contribution < 1.29 is 14.3 Å². The number of nitrogens with one attached hydrogen (secondary N) is 1. The van der Waals surface area contributed by atoms with Crippen LogP contribution in [0.25, 0.3) is 0 Å². The number of hydrogen-bond acceptors (Lipinski definition) is 9. The molecule has 8 nitrogen and oxygen atoms in total. The lowest BCUT2D eigenvalue weighted by Crippen LogP contribution is -2.13. The number of aryl methyl sites for hydroxylation is 1. The number of aromatic nitrogens is 4. The fourth-order valence-electron chi connectivity index (χ4n) is 1.99. The van der Waals surface area contributed by atoms with Crippen molar-refractivity contribution in [3.05, 3.63) is 59.2 Å². The Labute approximate surface area is 163 Å². The predicted molar refractivity (Wildman–Crippen MR) is 102 cm³/mol. The summed E-state index contributed by atoms with van der Waals surface area (Å²) in [6.07, 6.45) is 2.95. The van der Waals surface area contributed by atoms with Crippen LogP contribution in [0, 0.1) is 6.92 Å². The van der Waals surface area contributed by atoms with Gasteiger partial charge in [0.1, 0.15) is 5.69 Å². The first-order chi connectivity index (χ1) is 13.0. The van der Waals surface area contributed by atoms with Gasteiger partial charge in [0, 0.05) is 11.9 Å². The molecule has 0 saturated heterocycles. The molecular formula is C17H15N5O3S2. The molecule has 2 heterocycles. The third kappa shape index (κ3) is 5.08. The van der Waals surface area contributed by atoms with Crippen LogP contribution in [-0.2, 0) is 10.5 Å². The zero-order valence-corrected chi connectivity index (χ0v) is 16.1. The zero-order valence-electron chi connectivity index (χ0n) is 14.5. The van der Waals surface area contributed by atoms with E-state index in [1.807, 2.05) is 12.1 Å². The number of amides is 1. The molecule has 0 aliphatic heterocycles. The Morgan fingerprint density at radius 3 is 2.59 bits per heavy atom. The van der Waals surface area contributed by atoms with Crippen molar-refractivity contribution in [2.45, 2.75) is 17.0 Å². The molecule has 1 aromatic carbocycles. The van der Waals surface area contributed by atoms with Crippen LogP contribution in [0.15, 0.2) is 41.0 Å². The number of benzene rings is 1. The predicted octanol–water partition coefficient (Wildman–Crippen LogP) is 2.97. The third-order valence-corrected chi connectivity index (χ3v) is 5.42. The number of hydrogen-bond donors (Lipinski definition) is 1. The minimum absolute atomic E-state index is 0.218. The van der Waals surface area contributed by atoms with Gasteiger partial charge in [-0.1, -0.05) is 35.2 Å². The average molecular weight is 401 g/mol. The minimum Gasteiger partial charge on any atom is -0.465 e. The van der Waals surface area contributed by atoms with E-state index in [0.29, 0.717) is 16.4 Å². The molecule has 0 atom stereocenters. The van der Waals surface area contributed by atoms with E-state index in [9.17, 15) is 9.59 Å². The SMILES string of the molecule is COC(=O)c1ccc(CSc2nnc(NC(=O)c3cnc(C)cn3)s2)cc1. The molecule has 10 heteroatoms. The van der Waals surface area contributed by atoms with Crippen LogP contribution in [0.2, 0.25) is 0 Å². The Bertz CT molecular complexity index is 942. The molecule has 0 unspecified atom stereocenters. The Kier molecular flexibility index (Phi) is 6.09. The summed E-state index contributed by atoms with van der Waals surface area (Å²) in [5, 5.41) is 11.1. The number of carbonyl (C=O) groups is 2. The van der Waals surface area contributed by atoms with E-state index in [2.05, 4.69) is 30.2 Å². The summed E-state index contributed by atoms with van der Waals surface area (Å²) in [6, 6.07) is 7.16. The van der Waals surface area contributed by atoms with E-state index >= 15 is 0 Å². The van der Waals surface area contributed by atoms with Crippen molar-refractivity contribution in [2.24, 2.45) is 0 Å². The second-order valence-electron chi connectivity index (χ2n) is 5.35. The molecular weight excluding hydrogens is 386 g/mol. The topological polar surface area (TPSA) is 107 Å². The fourth-order valence-corrected chi connectivity index (χ4v) is 3.69. The summed E-state index contributed by atoms with van der Waals surface area (Å²) in [7, 11) is 1.35. The third-order valence-electron chi connectivity index (χ3n) is 3.38. The summed E-state index contributed by atoms with van der Waals surface area (Å²) < 4.78 is 5.39. The second kappa shape index (κ2) is 8.69. The molecule has 1 amide bonds. The number of nitrogens with zero attached hydrogens (tertiary/aromatic N) is 4. The zero-order chi connectivity index (χ0) is 19.2. The lowest BCUT2D eigenvalue weighted by molar-refractivity contribution is 0.0600. The highest BCUT2D eigenvalue weighted by molar-refractivity contribution is 8.00. The maximum atomic E-state index is 12.1. The summed E-state index contributed by atoms with van der Waals surface area (Å²) in [5.41, 5.74) is 2.49. The van der Waals surface area contributed by atoms with Gasteiger partial charge in [0.15, 0.2) is 4.34 Å². The number of thioether (sulfide) groups is 1. The number of methoxy groups -OCH3 is 1. The summed E-state index contributed by atoms with van der Waals surface area (Å²) in [5.74, 6) is -0.0846. The van der Waals surface area contributed by atoms with E-state index in [1.54, 1.807) is 19.1 Å². The molecule has 0 radical (unpaired) electrons. The molecule has 0 saturated carbocycles. The first kappa shape index (κ1) is 18.9. The smallest absolute Gasteiger partial charge is 0.337 e. The molecule has 138 valence electrons. The molecule has 1 N–H and O–H groups in total. The molecule has 3 rings (SSSR count). The summed E-state index contributed by atoms with van der Waals surface area (Å²) in [6.45, 7) is 1.80. The van der Waals surface area contributed by atoms with Gasteiger partial charge in [0.05, 0.1) is 24.6 Å². The maximum absolute atomic E-state index is 12.1. The van der Waals surface area contributed by atoms with Crippen LogP contribution in [-0.4, -0.2) is 39.2 Å². The highest BCUT2D eigenvalue weighted by Gasteiger charge is 2.12. The van der Waals surface area contributed by atoms with E-state index in [4.69, 9.17) is 0 Å². The van der Waals surface area contributed by atoms with E-state index in [0.717, 1.165) is 15.6 Å². The van der Waals surface area contributed by atoms with Gasteiger partial charge >= 0.3 is 5.97 Å². The van der Waals surface area contributed by atoms with Gasteiger partial charge in [-0.25, -0.2) is 9.78 Å². The highest BCUT2D eigenvalue weighted by atomic mass is 32.2. The van der Waals surface area contributed by atoms with Crippen molar-refractivity contribution in [1.29, 1.82) is 0 Å². The van der Waals surface area contributed by atoms with Crippen LogP contribution < -0.4 is 5.32 Å². The fraction of sp³-hybridized carbons (Fsp3) is 0.176. The number of anilines is 1. The largest absolute Gasteiger partial charge is 0.465 e. The molecule has 0 spiro atoms. The Hall–Kier alpha value is -2.85. The minimum atomic E-state index is -0.381. The lowest BCUT2D eigenvalue weighted by Gasteiger charge is -2.01. The number of rotatable bonds is 6. The highest BCUT2D eigenvalue weighted by Crippen LogP contribution is 2.28. The number of carbonyl (C=O) groups excluding carboxylic acids is 2. The molecule has 0 aliphatic carbocycles. The summed E-state index contributed by atoms with van der Waals surface area (Å²) in [4.78, 5) is 31.6. The van der Waals surface area contributed by atoms with Gasteiger partial charge in [-0.15, -0.1) is 10.2 Å². The van der Waals surface area contributed by atoms with Crippen LogP contribution in [0.3, 0.4) is 0 Å². The van der Waals surface area contributed by atoms with Crippen molar-refractivity contribution in [3.63, 3.8) is 0 Å². The Morgan fingerprint density at radius 1 is 1.15 bits per heavy atom. The van der Waals surface area contributed by atoms with Crippen LogP contribution in [0.1, 0.15) is 32.1 Å². The maximum Gasteiger partial charge on any atom is 0.337 e. The standard InChI is InChI=1S/C17H15N5O3S2/c1-10-7-19-13(8-18-10)14(23)20-16-21-22-17(27-16)26-9-11-3-5-12(6-4-11)15(24)25-2/h3-8H,9H2,1-2H3,(H,20,21,23). The summed E-state index contributed by atoms with van der Waals surface area (Å²) >= 11 is 2.77. The van der Waals surface area contributed by atoms with E-state index < -0.39 is 0 Å². The van der Waals surface area contributed by atoms with Gasteiger partial charge in [-0.2, -0.15) is 0 Å². The average Bonchev–Trinajstić information content (AvgIpc) is 3.14. The first-order valence-electron chi connectivity index (χ1n) is 7.78. The van der Waals surface area contributed by atoms with Gasteiger partial charge in [0.2, 0.25) is 5.13 Å². The quantitative estimate of drug-likeness (QED) is 0.382.